The van der Waals surface area contributed by atoms with E-state index in [2.05, 4.69) is 108 Å². The topological polar surface area (TPSA) is 72.5 Å². The number of anilines is 3. The van der Waals surface area contributed by atoms with E-state index in [0.29, 0.717) is 12.1 Å². The molecule has 1 aromatic rings. The third-order valence-electron chi connectivity index (χ3n) is 10.9. The Morgan fingerprint density at radius 2 is 0.776 bits per heavy atom. The van der Waals surface area contributed by atoms with E-state index in [0.717, 1.165) is 69.7 Å². The van der Waals surface area contributed by atoms with Crippen LogP contribution in [0, 0.1) is 0 Å². The minimum Gasteiger partial charge on any atom is -0.341 e. The standard InChI is InChI=1S/C41H80N8/c1-13-17-19-21-23-25-27-47(28-26-24-22-20-18-14-2)35-42-36(48(15-3)33-29-38(5,6)45-39(7,8)30-33)44-37(43-35)49(16-4)34-31-40(9,10)46-41(11,12)32-34/h33-34,45-46H,13-32H2,1-12H3. The fraction of sp³-hybridized carbons (Fsp3) is 0.927. The molecule has 0 unspecified atom stereocenters. The maximum atomic E-state index is 5.42. The lowest BCUT2D eigenvalue weighted by molar-refractivity contribution is 0.158. The van der Waals surface area contributed by atoms with Gasteiger partial charge in [0.2, 0.25) is 17.8 Å². The van der Waals surface area contributed by atoms with Gasteiger partial charge in [0.15, 0.2) is 0 Å². The molecule has 0 saturated carbocycles. The molecule has 0 bridgehead atoms. The maximum absolute atomic E-state index is 5.42. The molecule has 8 heteroatoms. The summed E-state index contributed by atoms with van der Waals surface area (Å²) in [6.45, 7) is 31.8. The van der Waals surface area contributed by atoms with Gasteiger partial charge in [0.1, 0.15) is 0 Å². The van der Waals surface area contributed by atoms with Gasteiger partial charge in [-0.05, 0) is 108 Å². The predicted octanol–water partition coefficient (Wildman–Crippen LogP) is 9.67. The molecule has 0 atom stereocenters. The van der Waals surface area contributed by atoms with E-state index in [9.17, 15) is 0 Å². The minimum atomic E-state index is 0.0435. The summed E-state index contributed by atoms with van der Waals surface area (Å²) in [6, 6.07) is 0.716. The molecule has 2 aliphatic heterocycles. The van der Waals surface area contributed by atoms with Gasteiger partial charge in [-0.2, -0.15) is 15.0 Å². The van der Waals surface area contributed by atoms with Gasteiger partial charge in [0.25, 0.3) is 0 Å². The van der Waals surface area contributed by atoms with E-state index in [1.165, 1.54) is 77.0 Å². The van der Waals surface area contributed by atoms with Crippen LogP contribution in [0.2, 0.25) is 0 Å². The van der Waals surface area contributed by atoms with Crippen LogP contribution < -0.4 is 25.3 Å². The van der Waals surface area contributed by atoms with Crippen molar-refractivity contribution in [2.45, 2.75) is 220 Å². The molecule has 0 aliphatic carbocycles. The van der Waals surface area contributed by atoms with Gasteiger partial charge in [-0.3, -0.25) is 0 Å². The number of hydrogen-bond donors (Lipinski definition) is 2. The Labute approximate surface area is 303 Å². The van der Waals surface area contributed by atoms with E-state index in [1.807, 2.05) is 0 Å². The lowest BCUT2D eigenvalue weighted by Crippen LogP contribution is -2.62. The van der Waals surface area contributed by atoms with Gasteiger partial charge in [0, 0.05) is 60.4 Å². The van der Waals surface area contributed by atoms with Crippen molar-refractivity contribution in [2.75, 3.05) is 40.9 Å². The number of nitrogens with one attached hydrogen (secondary N) is 2. The highest BCUT2D eigenvalue weighted by Crippen LogP contribution is 2.36. The van der Waals surface area contributed by atoms with Gasteiger partial charge in [-0.1, -0.05) is 78.1 Å². The summed E-state index contributed by atoms with van der Waals surface area (Å²) in [7, 11) is 0. The van der Waals surface area contributed by atoms with Gasteiger partial charge in [-0.25, -0.2) is 0 Å². The largest absolute Gasteiger partial charge is 0.341 e. The Morgan fingerprint density at radius 1 is 0.469 bits per heavy atom. The van der Waals surface area contributed by atoms with E-state index in [1.54, 1.807) is 0 Å². The number of hydrogen-bond acceptors (Lipinski definition) is 8. The van der Waals surface area contributed by atoms with Crippen LogP contribution in [0.15, 0.2) is 0 Å². The molecular weight excluding hydrogens is 605 g/mol. The second-order valence-electron chi connectivity index (χ2n) is 18.2. The third-order valence-corrected chi connectivity index (χ3v) is 10.9. The summed E-state index contributed by atoms with van der Waals surface area (Å²) in [5.41, 5.74) is 0.174. The summed E-state index contributed by atoms with van der Waals surface area (Å²) in [4.78, 5) is 23.8. The zero-order chi connectivity index (χ0) is 36.3. The summed E-state index contributed by atoms with van der Waals surface area (Å²) in [6.07, 6.45) is 19.8. The molecule has 0 aromatic carbocycles. The summed E-state index contributed by atoms with van der Waals surface area (Å²) < 4.78 is 0. The molecule has 3 heterocycles. The predicted molar refractivity (Wildman–Crippen MR) is 213 cm³/mol. The maximum Gasteiger partial charge on any atom is 0.232 e. The van der Waals surface area contributed by atoms with Gasteiger partial charge in [-0.15, -0.1) is 0 Å². The number of unbranched alkanes of at least 4 members (excludes halogenated alkanes) is 10. The Morgan fingerprint density at radius 3 is 1.10 bits per heavy atom. The first-order chi connectivity index (χ1) is 23.0. The van der Waals surface area contributed by atoms with Crippen molar-refractivity contribution in [1.82, 2.24) is 25.6 Å². The van der Waals surface area contributed by atoms with Crippen molar-refractivity contribution in [2.24, 2.45) is 0 Å². The van der Waals surface area contributed by atoms with Crippen molar-refractivity contribution >= 4 is 17.8 Å². The monoisotopic (exact) mass is 685 g/mol. The fourth-order valence-corrected chi connectivity index (χ4v) is 9.32. The quantitative estimate of drug-likeness (QED) is 0.124. The van der Waals surface area contributed by atoms with Crippen LogP contribution in [0.4, 0.5) is 17.8 Å². The average molecular weight is 685 g/mol. The highest BCUT2D eigenvalue weighted by molar-refractivity contribution is 5.48. The van der Waals surface area contributed by atoms with E-state index in [-0.39, 0.29) is 22.2 Å². The molecule has 0 radical (unpaired) electrons. The van der Waals surface area contributed by atoms with Crippen molar-refractivity contribution < 1.29 is 0 Å². The van der Waals surface area contributed by atoms with E-state index < -0.39 is 0 Å². The van der Waals surface area contributed by atoms with Gasteiger partial charge >= 0.3 is 0 Å². The Kier molecular flexibility index (Phi) is 15.9. The van der Waals surface area contributed by atoms with Crippen molar-refractivity contribution in [3.63, 3.8) is 0 Å². The zero-order valence-corrected chi connectivity index (χ0v) is 34.5. The summed E-state index contributed by atoms with van der Waals surface area (Å²) >= 11 is 0. The molecule has 0 amide bonds. The molecule has 3 rings (SSSR count). The van der Waals surface area contributed by atoms with Crippen LogP contribution in [0.25, 0.3) is 0 Å². The molecule has 1 aromatic heterocycles. The molecule has 2 fully saturated rings. The first-order valence-corrected chi connectivity index (χ1v) is 20.7. The lowest BCUT2D eigenvalue weighted by Gasteiger charge is -2.50. The van der Waals surface area contributed by atoms with Gasteiger partial charge < -0.3 is 25.3 Å². The van der Waals surface area contributed by atoms with Gasteiger partial charge in [0.05, 0.1) is 0 Å². The zero-order valence-electron chi connectivity index (χ0n) is 34.5. The van der Waals surface area contributed by atoms with Crippen LogP contribution in [0.5, 0.6) is 0 Å². The highest BCUT2D eigenvalue weighted by Gasteiger charge is 2.42. The third kappa shape index (κ3) is 13.4. The molecule has 2 saturated heterocycles. The lowest BCUT2D eigenvalue weighted by atomic mass is 9.79. The molecule has 8 nitrogen and oxygen atoms in total. The molecule has 2 aliphatic rings. The SMILES string of the molecule is CCCCCCCCN(CCCCCCCC)c1nc(N(CC)C2CC(C)(C)NC(C)(C)C2)nc(N(CC)C2CC(C)(C)NC(C)(C)C2)n1. The smallest absolute Gasteiger partial charge is 0.232 e. The van der Waals surface area contributed by atoms with Crippen LogP contribution in [0.1, 0.15) is 186 Å². The molecule has 2 N–H and O–H groups in total. The highest BCUT2D eigenvalue weighted by atomic mass is 15.4. The number of piperidine rings is 2. The van der Waals surface area contributed by atoms with Crippen LogP contribution in [-0.2, 0) is 0 Å². The van der Waals surface area contributed by atoms with E-state index >= 15 is 0 Å². The van der Waals surface area contributed by atoms with Crippen LogP contribution >= 0.6 is 0 Å². The molecule has 0 spiro atoms. The van der Waals surface area contributed by atoms with Crippen molar-refractivity contribution in [3.05, 3.63) is 0 Å². The Bertz CT molecular complexity index is 987. The van der Waals surface area contributed by atoms with E-state index in [4.69, 9.17) is 15.0 Å². The first-order valence-electron chi connectivity index (χ1n) is 20.7. The normalized spacial score (nSPS) is 20.3. The first kappa shape index (κ1) is 41.7. The van der Waals surface area contributed by atoms with Crippen molar-refractivity contribution in [3.8, 4) is 0 Å². The summed E-state index contributed by atoms with van der Waals surface area (Å²) in [5.74, 6) is 2.62. The van der Waals surface area contributed by atoms with Crippen LogP contribution in [-0.4, -0.2) is 75.4 Å². The second kappa shape index (κ2) is 18.7. The number of rotatable bonds is 21. The Hall–Kier alpha value is -1.67. The number of nitrogens with zero attached hydrogens (tertiary/aromatic N) is 6. The Balaban J connectivity index is 2.05. The van der Waals surface area contributed by atoms with Crippen molar-refractivity contribution in [1.29, 1.82) is 0 Å². The number of aromatic nitrogens is 3. The minimum absolute atomic E-state index is 0.0435. The fourth-order valence-electron chi connectivity index (χ4n) is 9.32. The summed E-state index contributed by atoms with van der Waals surface area (Å²) in [5, 5.41) is 7.80. The average Bonchev–Trinajstić information content (AvgIpc) is 2.97. The molecule has 49 heavy (non-hydrogen) atoms. The molecule has 284 valence electrons. The second-order valence-corrected chi connectivity index (χ2v) is 18.2. The molecular formula is C41H80N8. The van der Waals surface area contributed by atoms with Crippen LogP contribution in [0.3, 0.4) is 0 Å².